The summed E-state index contributed by atoms with van der Waals surface area (Å²) in [6, 6.07) is 0. The summed E-state index contributed by atoms with van der Waals surface area (Å²) in [6.07, 6.45) is 1.03. The largest absolute Gasteiger partial charge is 0.475 e. The van der Waals surface area contributed by atoms with E-state index in [0.717, 1.165) is 0 Å². The Bertz CT molecular complexity index is 669. The second kappa shape index (κ2) is 6.35. The third-order valence-corrected chi connectivity index (χ3v) is 3.05. The van der Waals surface area contributed by atoms with Crippen LogP contribution in [0.1, 0.15) is 6.92 Å². The predicted molar refractivity (Wildman–Crippen MR) is 72.5 cm³/mol. The van der Waals surface area contributed by atoms with Crippen molar-refractivity contribution >= 4 is 24.7 Å². The van der Waals surface area contributed by atoms with E-state index in [1.165, 1.54) is 0 Å². The van der Waals surface area contributed by atoms with Crippen molar-refractivity contribution in [3.05, 3.63) is 6.33 Å². The standard InChI is InChI=1S/C10H16N5O5P/c1-2-20-9-7-8(13-10(11)14-9)15(5-12-7)3-4-19-6-21(16,17)18/h5H,2-4,6H2,1H3,(H4,11,13,14,16,17,18)/p+1. The minimum atomic E-state index is -4.15. The molecule has 10 nitrogen and oxygen atoms in total. The summed E-state index contributed by atoms with van der Waals surface area (Å²) >= 11 is 0. The molecular formula is C10H17N5O5P+. The summed E-state index contributed by atoms with van der Waals surface area (Å²) in [5.74, 6) is 0.435. The van der Waals surface area contributed by atoms with E-state index in [0.29, 0.717) is 30.2 Å². The summed E-state index contributed by atoms with van der Waals surface area (Å²) in [6.45, 7) is 2.74. The molecule has 21 heavy (non-hydrogen) atoms. The summed E-state index contributed by atoms with van der Waals surface area (Å²) in [5.41, 5.74) is 6.76. The number of fused-ring (bicyclic) bond motifs is 1. The monoisotopic (exact) mass is 318 g/mol. The van der Waals surface area contributed by atoms with Crippen LogP contribution in [0.2, 0.25) is 0 Å². The fourth-order valence-corrected chi connectivity index (χ4v) is 2.11. The van der Waals surface area contributed by atoms with Gasteiger partial charge < -0.3 is 25.0 Å². The lowest BCUT2D eigenvalue weighted by Crippen LogP contribution is -2.35. The third kappa shape index (κ3) is 4.11. The topological polar surface area (TPSA) is 147 Å². The quantitative estimate of drug-likeness (QED) is 0.300. The minimum absolute atomic E-state index is 0.0791. The van der Waals surface area contributed by atoms with Gasteiger partial charge in [0.2, 0.25) is 5.52 Å². The summed E-state index contributed by atoms with van der Waals surface area (Å²) in [5, 5.41) is 0. The average Bonchev–Trinajstić information content (AvgIpc) is 2.77. The molecule has 2 heterocycles. The molecule has 0 atom stereocenters. The molecule has 5 N–H and O–H groups in total. The second-order valence-corrected chi connectivity index (χ2v) is 5.78. The molecule has 2 rings (SSSR count). The summed E-state index contributed by atoms with van der Waals surface area (Å²) in [4.78, 5) is 28.5. The van der Waals surface area contributed by atoms with Gasteiger partial charge in [0, 0.05) is 0 Å². The molecule has 0 saturated heterocycles. The van der Waals surface area contributed by atoms with Crippen LogP contribution in [-0.4, -0.2) is 44.3 Å². The lowest BCUT2D eigenvalue weighted by molar-refractivity contribution is -0.674. The van der Waals surface area contributed by atoms with Crippen LogP contribution in [0.4, 0.5) is 5.95 Å². The van der Waals surface area contributed by atoms with Crippen molar-refractivity contribution in [2.45, 2.75) is 13.5 Å². The van der Waals surface area contributed by atoms with Crippen molar-refractivity contribution < 1.29 is 28.4 Å². The maximum atomic E-state index is 10.7. The molecule has 0 radical (unpaired) electrons. The zero-order valence-corrected chi connectivity index (χ0v) is 12.3. The molecular weight excluding hydrogens is 301 g/mol. The lowest BCUT2D eigenvalue weighted by atomic mass is 10.5. The molecule has 0 amide bonds. The number of H-pyrrole nitrogens is 1. The highest BCUT2D eigenvalue weighted by Gasteiger charge is 2.20. The van der Waals surface area contributed by atoms with E-state index in [4.69, 9.17) is 25.0 Å². The summed E-state index contributed by atoms with van der Waals surface area (Å²) in [7, 11) is -4.15. The number of aromatic nitrogens is 4. The molecule has 116 valence electrons. The van der Waals surface area contributed by atoms with Gasteiger partial charge >= 0.3 is 19.2 Å². The van der Waals surface area contributed by atoms with Gasteiger partial charge in [0.1, 0.15) is 6.35 Å². The normalized spacial score (nSPS) is 12.0. The van der Waals surface area contributed by atoms with Gasteiger partial charge in [-0.15, -0.1) is 0 Å². The van der Waals surface area contributed by atoms with Gasteiger partial charge in [-0.05, 0) is 6.92 Å². The first-order valence-corrected chi connectivity index (χ1v) is 7.99. The molecule has 0 aliphatic heterocycles. The minimum Gasteiger partial charge on any atom is -0.475 e. The van der Waals surface area contributed by atoms with Crippen molar-refractivity contribution in [2.75, 3.05) is 25.3 Å². The number of ether oxygens (including phenoxy) is 2. The Hall–Kier alpha value is -1.74. The zero-order valence-electron chi connectivity index (χ0n) is 11.4. The Balaban J connectivity index is 2.12. The Morgan fingerprint density at radius 2 is 2.24 bits per heavy atom. The van der Waals surface area contributed by atoms with Gasteiger partial charge in [-0.2, -0.15) is 4.98 Å². The molecule has 0 aliphatic carbocycles. The first-order chi connectivity index (χ1) is 9.90. The number of hydrogen-bond donors (Lipinski definition) is 4. The van der Waals surface area contributed by atoms with Crippen molar-refractivity contribution in [3.8, 4) is 5.88 Å². The number of imidazole rings is 1. The predicted octanol–water partition coefficient (Wildman–Crippen LogP) is -0.622. The first kappa shape index (κ1) is 15.6. The van der Waals surface area contributed by atoms with Crippen LogP contribution in [-0.2, 0) is 15.8 Å². The Labute approximate surface area is 120 Å². The SMILES string of the molecule is CCOc1nc(N)nc2c1[nH]c[n+]2CCOCP(=O)(O)O. The van der Waals surface area contributed by atoms with E-state index < -0.39 is 13.9 Å². The van der Waals surface area contributed by atoms with Gasteiger partial charge in [0.15, 0.2) is 6.33 Å². The van der Waals surface area contributed by atoms with Crippen LogP contribution in [0.3, 0.4) is 0 Å². The van der Waals surface area contributed by atoms with Crippen molar-refractivity contribution in [2.24, 2.45) is 0 Å². The molecule has 0 aliphatic rings. The zero-order chi connectivity index (χ0) is 15.5. The molecule has 2 aromatic rings. The van der Waals surface area contributed by atoms with Crippen LogP contribution in [0, 0.1) is 0 Å². The lowest BCUT2D eigenvalue weighted by Gasteiger charge is -2.04. The van der Waals surface area contributed by atoms with Gasteiger partial charge in [-0.3, -0.25) is 9.55 Å². The van der Waals surface area contributed by atoms with E-state index in [9.17, 15) is 4.57 Å². The van der Waals surface area contributed by atoms with E-state index >= 15 is 0 Å². The van der Waals surface area contributed by atoms with Gasteiger partial charge in [-0.25, -0.2) is 4.57 Å². The van der Waals surface area contributed by atoms with Gasteiger partial charge in [0.25, 0.3) is 5.88 Å². The maximum Gasteiger partial charge on any atom is 0.350 e. The van der Waals surface area contributed by atoms with Crippen LogP contribution < -0.4 is 15.0 Å². The van der Waals surface area contributed by atoms with Gasteiger partial charge in [-0.1, -0.05) is 4.98 Å². The number of nitrogens with zero attached hydrogens (tertiary/aromatic N) is 3. The number of nitrogens with one attached hydrogen (secondary N) is 1. The Morgan fingerprint density at radius 1 is 1.48 bits per heavy atom. The van der Waals surface area contributed by atoms with E-state index in [-0.39, 0.29) is 12.6 Å². The maximum absolute atomic E-state index is 10.7. The number of rotatable bonds is 7. The van der Waals surface area contributed by atoms with E-state index in [1.54, 1.807) is 10.9 Å². The van der Waals surface area contributed by atoms with Crippen LogP contribution in [0.5, 0.6) is 5.88 Å². The van der Waals surface area contributed by atoms with Crippen LogP contribution in [0.15, 0.2) is 6.33 Å². The molecule has 0 aromatic carbocycles. The number of nitrogens with two attached hydrogens (primary N) is 1. The molecule has 0 fully saturated rings. The molecule has 0 saturated carbocycles. The molecule has 0 spiro atoms. The molecule has 2 aromatic heterocycles. The molecule has 0 bridgehead atoms. The number of nitrogen functional groups attached to an aromatic ring is 1. The highest BCUT2D eigenvalue weighted by molar-refractivity contribution is 7.51. The fraction of sp³-hybridized carbons (Fsp3) is 0.500. The molecule has 0 unspecified atom stereocenters. The molecule has 11 heteroatoms. The summed E-state index contributed by atoms with van der Waals surface area (Å²) < 4.78 is 22.7. The van der Waals surface area contributed by atoms with Crippen LogP contribution >= 0.6 is 7.60 Å². The first-order valence-electron chi connectivity index (χ1n) is 6.20. The number of anilines is 1. The second-order valence-electron chi connectivity index (χ2n) is 4.19. The number of hydrogen-bond acceptors (Lipinski definition) is 6. The average molecular weight is 318 g/mol. The fourth-order valence-electron chi connectivity index (χ4n) is 1.74. The highest BCUT2D eigenvalue weighted by Crippen LogP contribution is 2.33. The Kier molecular flexibility index (Phi) is 4.73. The van der Waals surface area contributed by atoms with E-state index in [2.05, 4.69) is 15.0 Å². The number of aromatic amines is 1. The van der Waals surface area contributed by atoms with E-state index in [1.807, 2.05) is 6.92 Å². The highest BCUT2D eigenvalue weighted by atomic mass is 31.2. The third-order valence-electron chi connectivity index (χ3n) is 2.53. The Morgan fingerprint density at radius 3 is 2.90 bits per heavy atom. The van der Waals surface area contributed by atoms with Crippen LogP contribution in [0.25, 0.3) is 11.2 Å². The van der Waals surface area contributed by atoms with Gasteiger partial charge in [0.05, 0.1) is 19.8 Å². The van der Waals surface area contributed by atoms with Crippen molar-refractivity contribution in [1.29, 1.82) is 0 Å². The smallest absolute Gasteiger partial charge is 0.350 e. The van der Waals surface area contributed by atoms with Crippen molar-refractivity contribution in [1.82, 2.24) is 15.0 Å². The van der Waals surface area contributed by atoms with Crippen molar-refractivity contribution in [3.63, 3.8) is 0 Å².